The number of nitrogens with one attached hydrogen (secondary N) is 1. The van der Waals surface area contributed by atoms with E-state index in [-0.39, 0.29) is 32.1 Å². The lowest BCUT2D eigenvalue weighted by molar-refractivity contribution is -0.140. The zero-order valence-corrected chi connectivity index (χ0v) is 23.6. The summed E-state index contributed by atoms with van der Waals surface area (Å²) in [6.07, 6.45) is 0.966. The van der Waals surface area contributed by atoms with Crippen LogP contribution >= 0.6 is 0 Å². The lowest BCUT2D eigenvalue weighted by Crippen LogP contribution is -2.50. The molecule has 0 radical (unpaired) electrons. The van der Waals surface area contributed by atoms with Crippen LogP contribution in [0.1, 0.15) is 13.3 Å². The highest BCUT2D eigenvalue weighted by molar-refractivity contribution is 5.78. The predicted octanol–water partition coefficient (Wildman–Crippen LogP) is -1.96. The average Bonchev–Trinajstić information content (AvgIpc) is 2.88. The van der Waals surface area contributed by atoms with Gasteiger partial charge < -0.3 is 34.8 Å². The van der Waals surface area contributed by atoms with Crippen molar-refractivity contribution < 1.29 is 48.7 Å². The molecule has 1 aliphatic heterocycles. The van der Waals surface area contributed by atoms with Crippen molar-refractivity contribution in [2.45, 2.75) is 13.3 Å². The van der Waals surface area contributed by atoms with E-state index < -0.39 is 17.9 Å². The van der Waals surface area contributed by atoms with Crippen molar-refractivity contribution in [1.82, 2.24) is 24.9 Å². The summed E-state index contributed by atoms with van der Waals surface area (Å²) >= 11 is 0. The molecule has 232 valence electrons. The Balaban J connectivity index is 2.57. The molecular weight excluding hydrogens is 530 g/mol. The normalized spacial score (nSPS) is 17.1. The van der Waals surface area contributed by atoms with Crippen LogP contribution in [0.5, 0.6) is 0 Å². The van der Waals surface area contributed by atoms with Crippen LogP contribution in [0.3, 0.4) is 0 Å². The minimum absolute atomic E-state index is 0.0633. The van der Waals surface area contributed by atoms with Crippen molar-refractivity contribution in [2.24, 2.45) is 0 Å². The maximum absolute atomic E-state index is 12.6. The topological polar surface area (TPSA) is 182 Å². The second-order valence-corrected chi connectivity index (χ2v) is 9.47. The van der Waals surface area contributed by atoms with E-state index in [4.69, 9.17) is 14.2 Å². The Labute approximate surface area is 235 Å². The fraction of sp³-hybridized carbons (Fsp3) is 0.840. The summed E-state index contributed by atoms with van der Waals surface area (Å²) in [5.41, 5.74) is 0. The molecule has 0 bridgehead atoms. The number of carboxylic acids is 3. The standard InChI is InChI=1S/C25H47N5O10/c1-2-12-38-14-16-40-17-15-39-13-3-26-22(31)18-27-4-6-28(19-23(32)33)8-10-30(21-25(36)37)11-9-29(7-5-27)20-24(34)35/h2-21H2,1H3,(H,26,31)(H,32,33)(H,34,35)(H,36,37). The van der Waals surface area contributed by atoms with Gasteiger partial charge in [0.25, 0.3) is 0 Å². The van der Waals surface area contributed by atoms with Gasteiger partial charge in [-0.25, -0.2) is 0 Å². The zero-order valence-electron chi connectivity index (χ0n) is 23.6. The highest BCUT2D eigenvalue weighted by Gasteiger charge is 2.21. The van der Waals surface area contributed by atoms with Gasteiger partial charge in [0.1, 0.15) is 0 Å². The Morgan fingerprint density at radius 2 is 0.875 bits per heavy atom. The first-order chi connectivity index (χ1) is 19.2. The third kappa shape index (κ3) is 19.6. The summed E-state index contributed by atoms with van der Waals surface area (Å²) in [6.45, 7) is 7.47. The fourth-order valence-electron chi connectivity index (χ4n) is 3.99. The van der Waals surface area contributed by atoms with Gasteiger partial charge >= 0.3 is 17.9 Å². The molecule has 0 saturated carbocycles. The number of carboxylic acid groups (broad SMARTS) is 3. The van der Waals surface area contributed by atoms with Crippen LogP contribution in [0, 0.1) is 0 Å². The Morgan fingerprint density at radius 3 is 1.23 bits per heavy atom. The van der Waals surface area contributed by atoms with Gasteiger partial charge in [-0.3, -0.25) is 38.8 Å². The number of ether oxygens (including phenoxy) is 3. The van der Waals surface area contributed by atoms with Gasteiger partial charge in [-0.15, -0.1) is 0 Å². The van der Waals surface area contributed by atoms with E-state index in [9.17, 15) is 34.5 Å². The van der Waals surface area contributed by atoms with Gasteiger partial charge in [0, 0.05) is 65.5 Å². The molecule has 0 aromatic carbocycles. The van der Waals surface area contributed by atoms with Gasteiger partial charge in [0.2, 0.25) is 5.91 Å². The number of rotatable bonds is 19. The molecule has 1 aliphatic rings. The molecule has 0 spiro atoms. The number of amides is 1. The molecule has 1 saturated heterocycles. The van der Waals surface area contributed by atoms with Gasteiger partial charge in [-0.2, -0.15) is 0 Å². The number of hydrogen-bond acceptors (Lipinski definition) is 11. The van der Waals surface area contributed by atoms with Crippen LogP contribution in [0.25, 0.3) is 0 Å². The molecule has 1 amide bonds. The molecule has 15 heteroatoms. The van der Waals surface area contributed by atoms with E-state index >= 15 is 0 Å². The number of hydrogen-bond donors (Lipinski definition) is 4. The first-order valence-corrected chi connectivity index (χ1v) is 13.7. The Morgan fingerprint density at radius 1 is 0.550 bits per heavy atom. The van der Waals surface area contributed by atoms with E-state index in [1.54, 1.807) is 14.7 Å². The molecule has 4 N–H and O–H groups in total. The number of nitrogens with zero attached hydrogens (tertiary/aromatic N) is 4. The maximum atomic E-state index is 12.6. The number of carbonyl (C=O) groups is 4. The Bertz CT molecular complexity index is 713. The second kappa shape index (κ2) is 22.3. The molecule has 15 nitrogen and oxygen atoms in total. The predicted molar refractivity (Wildman–Crippen MR) is 144 cm³/mol. The summed E-state index contributed by atoms with van der Waals surface area (Å²) in [5, 5.41) is 30.7. The third-order valence-electron chi connectivity index (χ3n) is 6.03. The largest absolute Gasteiger partial charge is 0.480 e. The van der Waals surface area contributed by atoms with E-state index in [1.165, 1.54) is 0 Å². The highest BCUT2D eigenvalue weighted by Crippen LogP contribution is 2.01. The van der Waals surface area contributed by atoms with Crippen molar-refractivity contribution in [1.29, 1.82) is 0 Å². The van der Waals surface area contributed by atoms with Crippen molar-refractivity contribution in [3.8, 4) is 0 Å². The molecule has 0 aromatic rings. The first-order valence-electron chi connectivity index (χ1n) is 13.7. The van der Waals surface area contributed by atoms with E-state index in [2.05, 4.69) is 5.32 Å². The van der Waals surface area contributed by atoms with Crippen molar-refractivity contribution in [3.05, 3.63) is 0 Å². The Kier molecular flexibility index (Phi) is 19.9. The van der Waals surface area contributed by atoms with Crippen LogP contribution in [-0.4, -0.2) is 183 Å². The van der Waals surface area contributed by atoms with E-state index in [0.717, 1.165) is 6.42 Å². The number of carbonyl (C=O) groups excluding carboxylic acids is 1. The minimum Gasteiger partial charge on any atom is -0.480 e. The van der Waals surface area contributed by atoms with Crippen molar-refractivity contribution >= 4 is 23.8 Å². The Hall–Kier alpha value is -2.40. The smallest absolute Gasteiger partial charge is 0.317 e. The van der Waals surface area contributed by atoms with Gasteiger partial charge in [0.05, 0.1) is 59.2 Å². The molecule has 0 aliphatic carbocycles. The maximum Gasteiger partial charge on any atom is 0.317 e. The molecular formula is C25H47N5O10. The average molecular weight is 578 g/mol. The van der Waals surface area contributed by atoms with Crippen LogP contribution in [0.2, 0.25) is 0 Å². The first kappa shape index (κ1) is 35.6. The van der Waals surface area contributed by atoms with Crippen molar-refractivity contribution in [2.75, 3.05) is 125 Å². The van der Waals surface area contributed by atoms with E-state index in [0.29, 0.717) is 98.5 Å². The van der Waals surface area contributed by atoms with E-state index in [1.807, 2.05) is 11.8 Å². The summed E-state index contributed by atoms with van der Waals surface area (Å²) in [6, 6.07) is 0. The van der Waals surface area contributed by atoms with Gasteiger partial charge in [0.15, 0.2) is 0 Å². The zero-order chi connectivity index (χ0) is 29.6. The van der Waals surface area contributed by atoms with Crippen LogP contribution in [0.15, 0.2) is 0 Å². The SMILES string of the molecule is CCCOCCOCCOCCNC(=O)CN1CCN(CC(=O)O)CCN(CC(=O)O)CCN(CC(=O)O)CC1. The fourth-order valence-corrected chi connectivity index (χ4v) is 3.99. The summed E-state index contributed by atoms with van der Waals surface area (Å²) < 4.78 is 16.2. The molecule has 40 heavy (non-hydrogen) atoms. The molecule has 1 rings (SSSR count). The quantitative estimate of drug-likeness (QED) is 0.124. The minimum atomic E-state index is -1.01. The molecule has 1 fully saturated rings. The molecule has 0 atom stereocenters. The van der Waals surface area contributed by atoms with Crippen LogP contribution in [-0.2, 0) is 33.4 Å². The lowest BCUT2D eigenvalue weighted by Gasteiger charge is -2.32. The van der Waals surface area contributed by atoms with Crippen LogP contribution < -0.4 is 5.32 Å². The summed E-state index contributed by atoms with van der Waals surface area (Å²) in [4.78, 5) is 53.6. The highest BCUT2D eigenvalue weighted by atomic mass is 16.5. The third-order valence-corrected chi connectivity index (χ3v) is 6.03. The van der Waals surface area contributed by atoms with Gasteiger partial charge in [-0.05, 0) is 6.42 Å². The molecule has 0 aromatic heterocycles. The van der Waals surface area contributed by atoms with Gasteiger partial charge in [-0.1, -0.05) is 6.92 Å². The number of aliphatic carboxylic acids is 3. The van der Waals surface area contributed by atoms with Crippen LogP contribution in [0.4, 0.5) is 0 Å². The van der Waals surface area contributed by atoms with Crippen molar-refractivity contribution in [3.63, 3.8) is 0 Å². The summed E-state index contributed by atoms with van der Waals surface area (Å²) in [5.74, 6) is -3.22. The summed E-state index contributed by atoms with van der Waals surface area (Å²) in [7, 11) is 0. The molecule has 0 unspecified atom stereocenters. The molecule has 1 heterocycles. The lowest BCUT2D eigenvalue weighted by atomic mass is 10.3. The monoisotopic (exact) mass is 577 g/mol. The second-order valence-electron chi connectivity index (χ2n) is 9.47.